The number of hydrogen-bond acceptors (Lipinski definition) is 3. The van der Waals surface area contributed by atoms with E-state index in [1.165, 1.54) is 12.8 Å². The molecule has 2 aromatic rings. The predicted molar refractivity (Wildman–Crippen MR) is 90.8 cm³/mol. The van der Waals surface area contributed by atoms with Gasteiger partial charge >= 0.3 is 0 Å². The van der Waals surface area contributed by atoms with Gasteiger partial charge in [0.1, 0.15) is 0 Å². The van der Waals surface area contributed by atoms with E-state index in [0.717, 1.165) is 30.5 Å². The molecule has 0 unspecified atom stereocenters. The molecule has 2 atom stereocenters. The number of aromatic nitrogens is 2. The first-order valence-corrected chi connectivity index (χ1v) is 8.78. The molecule has 126 valence electrons. The summed E-state index contributed by atoms with van der Waals surface area (Å²) in [5, 5.41) is 0. The van der Waals surface area contributed by atoms with Gasteiger partial charge in [-0.05, 0) is 30.5 Å². The Hall–Kier alpha value is -2.14. The fourth-order valence-electron chi connectivity index (χ4n) is 3.91. The summed E-state index contributed by atoms with van der Waals surface area (Å²) in [7, 11) is 0. The second kappa shape index (κ2) is 6.77. The van der Waals surface area contributed by atoms with Crippen molar-refractivity contribution in [1.29, 1.82) is 0 Å². The topological polar surface area (TPSA) is 47.4 Å². The molecule has 1 aliphatic carbocycles. The zero-order chi connectivity index (χ0) is 16.4. The van der Waals surface area contributed by atoms with E-state index in [1.54, 1.807) is 12.5 Å². The van der Waals surface area contributed by atoms with Crippen molar-refractivity contribution in [1.82, 2.24) is 14.5 Å². The lowest BCUT2D eigenvalue weighted by atomic mass is 9.89. The molecule has 2 aliphatic rings. The van der Waals surface area contributed by atoms with Crippen molar-refractivity contribution in [3.8, 4) is 0 Å². The number of morpholine rings is 1. The van der Waals surface area contributed by atoms with E-state index in [0.29, 0.717) is 13.2 Å². The number of carbonyl (C=O) groups excluding carboxylic acids is 1. The van der Waals surface area contributed by atoms with Crippen LogP contribution in [0.25, 0.3) is 0 Å². The molecule has 1 aromatic heterocycles. The van der Waals surface area contributed by atoms with E-state index in [9.17, 15) is 4.79 Å². The van der Waals surface area contributed by atoms with Crippen LogP contribution in [-0.2, 0) is 11.3 Å². The average Bonchev–Trinajstić information content (AvgIpc) is 3.14. The minimum Gasteiger partial charge on any atom is -0.374 e. The van der Waals surface area contributed by atoms with Gasteiger partial charge in [0, 0.05) is 31.0 Å². The number of imidazole rings is 1. The second-order valence-electron chi connectivity index (χ2n) is 6.69. The largest absolute Gasteiger partial charge is 0.374 e. The van der Waals surface area contributed by atoms with Crippen molar-refractivity contribution < 1.29 is 9.53 Å². The van der Waals surface area contributed by atoms with Crippen molar-refractivity contribution in [2.75, 3.05) is 13.2 Å². The number of fused-ring (bicyclic) bond motifs is 1. The van der Waals surface area contributed by atoms with Crippen LogP contribution in [0.2, 0.25) is 0 Å². The Morgan fingerprint density at radius 3 is 3.08 bits per heavy atom. The van der Waals surface area contributed by atoms with Gasteiger partial charge in [-0.3, -0.25) is 4.79 Å². The Morgan fingerprint density at radius 1 is 1.29 bits per heavy atom. The van der Waals surface area contributed by atoms with Crippen LogP contribution in [-0.4, -0.2) is 45.7 Å². The molecule has 4 rings (SSSR count). The Labute approximate surface area is 142 Å². The predicted octanol–water partition coefficient (Wildman–Crippen LogP) is 2.72. The summed E-state index contributed by atoms with van der Waals surface area (Å²) in [4.78, 5) is 19.2. The summed E-state index contributed by atoms with van der Waals surface area (Å²) < 4.78 is 7.90. The van der Waals surface area contributed by atoms with E-state index in [2.05, 4.69) is 11.1 Å². The SMILES string of the molecule is O=C(c1cccc(Cn2ccnc2)c1)N1CCO[C@H]2CCCC[C@H]21. The minimum absolute atomic E-state index is 0.141. The van der Waals surface area contributed by atoms with Gasteiger partial charge in [0.25, 0.3) is 5.91 Å². The number of nitrogens with zero attached hydrogens (tertiary/aromatic N) is 3. The molecule has 24 heavy (non-hydrogen) atoms. The van der Waals surface area contributed by atoms with E-state index in [-0.39, 0.29) is 18.1 Å². The highest BCUT2D eigenvalue weighted by atomic mass is 16.5. The highest BCUT2D eigenvalue weighted by Crippen LogP contribution is 2.29. The highest BCUT2D eigenvalue weighted by molar-refractivity contribution is 5.94. The Morgan fingerprint density at radius 2 is 2.21 bits per heavy atom. The van der Waals surface area contributed by atoms with Gasteiger partial charge in [0.15, 0.2) is 0 Å². The summed E-state index contributed by atoms with van der Waals surface area (Å²) in [5.74, 6) is 0.141. The molecule has 1 saturated heterocycles. The molecule has 0 spiro atoms. The van der Waals surface area contributed by atoms with Crippen molar-refractivity contribution in [3.63, 3.8) is 0 Å². The molecule has 1 aliphatic heterocycles. The fraction of sp³-hybridized carbons (Fsp3) is 0.474. The third-order valence-electron chi connectivity index (χ3n) is 5.09. The van der Waals surface area contributed by atoms with Crippen LogP contribution >= 0.6 is 0 Å². The number of hydrogen-bond donors (Lipinski definition) is 0. The molecule has 1 amide bonds. The summed E-state index contributed by atoms with van der Waals surface area (Å²) in [6, 6.07) is 8.21. The normalized spacial score (nSPS) is 23.8. The molecule has 5 heteroatoms. The number of benzene rings is 1. The molecule has 2 fully saturated rings. The van der Waals surface area contributed by atoms with Crippen LogP contribution in [0.4, 0.5) is 0 Å². The summed E-state index contributed by atoms with van der Waals surface area (Å²) in [6.07, 6.45) is 10.3. The van der Waals surface area contributed by atoms with Crippen molar-refractivity contribution >= 4 is 5.91 Å². The van der Waals surface area contributed by atoms with Crippen LogP contribution < -0.4 is 0 Å². The standard InChI is InChI=1S/C19H23N3O2/c23-19(22-10-11-24-18-7-2-1-6-17(18)22)16-5-3-4-15(12-16)13-21-9-8-20-14-21/h3-5,8-9,12,14,17-18H,1-2,6-7,10-11,13H2/t17-,18+/m1/s1. The molecule has 1 aromatic carbocycles. The second-order valence-corrected chi connectivity index (χ2v) is 6.69. The molecular weight excluding hydrogens is 302 g/mol. The Balaban J connectivity index is 1.53. The Bertz CT molecular complexity index is 696. The molecular formula is C19H23N3O2. The van der Waals surface area contributed by atoms with Crippen LogP contribution in [0.3, 0.4) is 0 Å². The summed E-state index contributed by atoms with van der Waals surface area (Å²) >= 11 is 0. The molecule has 0 bridgehead atoms. The zero-order valence-corrected chi connectivity index (χ0v) is 13.8. The average molecular weight is 325 g/mol. The van der Waals surface area contributed by atoms with Gasteiger partial charge in [0.05, 0.1) is 25.1 Å². The summed E-state index contributed by atoms with van der Waals surface area (Å²) in [5.41, 5.74) is 1.89. The summed E-state index contributed by atoms with van der Waals surface area (Å²) in [6.45, 7) is 2.09. The molecule has 0 radical (unpaired) electrons. The van der Waals surface area contributed by atoms with Gasteiger partial charge in [-0.2, -0.15) is 0 Å². The maximum atomic E-state index is 13.1. The van der Waals surface area contributed by atoms with E-state index in [1.807, 2.05) is 33.9 Å². The quantitative estimate of drug-likeness (QED) is 0.872. The lowest BCUT2D eigenvalue weighted by Crippen LogP contribution is -2.54. The van der Waals surface area contributed by atoms with E-state index >= 15 is 0 Å². The smallest absolute Gasteiger partial charge is 0.254 e. The number of ether oxygens (including phenoxy) is 1. The Kier molecular flexibility index (Phi) is 4.34. The van der Waals surface area contributed by atoms with Gasteiger partial charge in [-0.25, -0.2) is 4.98 Å². The number of carbonyl (C=O) groups is 1. The fourth-order valence-corrected chi connectivity index (χ4v) is 3.91. The van der Waals surface area contributed by atoms with Crippen LogP contribution in [0.5, 0.6) is 0 Å². The van der Waals surface area contributed by atoms with E-state index in [4.69, 9.17) is 4.74 Å². The van der Waals surface area contributed by atoms with Crippen molar-refractivity contribution in [3.05, 3.63) is 54.1 Å². The third-order valence-corrected chi connectivity index (χ3v) is 5.09. The van der Waals surface area contributed by atoms with Crippen molar-refractivity contribution in [2.45, 2.75) is 44.4 Å². The number of rotatable bonds is 3. The first-order chi connectivity index (χ1) is 11.8. The van der Waals surface area contributed by atoms with Crippen molar-refractivity contribution in [2.24, 2.45) is 0 Å². The van der Waals surface area contributed by atoms with Crippen LogP contribution in [0.1, 0.15) is 41.6 Å². The first-order valence-electron chi connectivity index (χ1n) is 8.78. The third kappa shape index (κ3) is 3.08. The maximum Gasteiger partial charge on any atom is 0.254 e. The van der Waals surface area contributed by atoms with Gasteiger partial charge < -0.3 is 14.2 Å². The highest BCUT2D eigenvalue weighted by Gasteiger charge is 2.36. The maximum absolute atomic E-state index is 13.1. The van der Waals surface area contributed by atoms with Gasteiger partial charge in [0.2, 0.25) is 0 Å². The van der Waals surface area contributed by atoms with Crippen LogP contribution in [0, 0.1) is 0 Å². The van der Waals surface area contributed by atoms with Gasteiger partial charge in [-0.15, -0.1) is 0 Å². The molecule has 0 N–H and O–H groups in total. The lowest BCUT2D eigenvalue weighted by Gasteiger charge is -2.43. The first kappa shape index (κ1) is 15.4. The molecule has 2 heterocycles. The zero-order valence-electron chi connectivity index (χ0n) is 13.8. The molecule has 5 nitrogen and oxygen atoms in total. The lowest BCUT2D eigenvalue weighted by molar-refractivity contribution is -0.0752. The minimum atomic E-state index is 0.141. The monoisotopic (exact) mass is 325 g/mol. The van der Waals surface area contributed by atoms with Gasteiger partial charge in [-0.1, -0.05) is 25.0 Å². The van der Waals surface area contributed by atoms with Crippen LogP contribution in [0.15, 0.2) is 43.0 Å². The number of amides is 1. The van der Waals surface area contributed by atoms with E-state index < -0.39 is 0 Å². The molecule has 1 saturated carbocycles.